The van der Waals surface area contributed by atoms with Crippen molar-refractivity contribution in [3.63, 3.8) is 0 Å². The van der Waals surface area contributed by atoms with Gasteiger partial charge in [0.05, 0.1) is 5.41 Å². The van der Waals surface area contributed by atoms with Gasteiger partial charge < -0.3 is 10.4 Å². The summed E-state index contributed by atoms with van der Waals surface area (Å²) < 4.78 is 0. The Morgan fingerprint density at radius 3 is 2.30 bits per heavy atom. The molecule has 206 valence electrons. The zero-order chi connectivity index (χ0) is 27.2. The summed E-state index contributed by atoms with van der Waals surface area (Å²) in [6.45, 7) is 16.3. The van der Waals surface area contributed by atoms with Gasteiger partial charge in [0.2, 0.25) is 5.91 Å². The summed E-state index contributed by atoms with van der Waals surface area (Å²) in [5, 5.41) is 12.1. The minimum atomic E-state index is -0.982. The Morgan fingerprint density at radius 2 is 1.62 bits per heavy atom. The van der Waals surface area contributed by atoms with Crippen LogP contribution in [0.25, 0.3) is 0 Å². The lowest BCUT2D eigenvalue weighted by molar-refractivity contribution is -0.186. The molecule has 5 nitrogen and oxygen atoms in total. The molecule has 37 heavy (non-hydrogen) atoms. The molecule has 0 aliphatic heterocycles. The normalized spacial score (nSPS) is 45.9. The molecule has 0 aromatic heterocycles. The minimum Gasteiger partial charge on any atom is -0.480 e. The van der Waals surface area contributed by atoms with Gasteiger partial charge in [0.15, 0.2) is 0 Å². The fraction of sp³-hybridized carbons (Fsp3) is 0.844. The van der Waals surface area contributed by atoms with Crippen LogP contribution in [0.2, 0.25) is 0 Å². The van der Waals surface area contributed by atoms with Crippen molar-refractivity contribution in [3.8, 4) is 0 Å². The average molecular weight is 512 g/mol. The third-order valence-electron chi connectivity index (χ3n) is 13.2. The number of nitrogens with one attached hydrogen (secondary N) is 1. The van der Waals surface area contributed by atoms with Crippen molar-refractivity contribution in [3.05, 3.63) is 11.6 Å². The van der Waals surface area contributed by atoms with Gasteiger partial charge in [-0.05, 0) is 97.2 Å². The molecule has 1 amide bonds. The number of rotatable bonds is 3. The van der Waals surface area contributed by atoms with Crippen molar-refractivity contribution in [1.29, 1.82) is 0 Å². The number of fused-ring (bicyclic) bond motifs is 7. The summed E-state index contributed by atoms with van der Waals surface area (Å²) in [7, 11) is 0. The molecule has 7 atom stereocenters. The van der Waals surface area contributed by atoms with Gasteiger partial charge in [0.25, 0.3) is 0 Å². The second kappa shape index (κ2) is 8.18. The number of Topliss-reactive ketones (excluding diaryl/α,β-unsaturated/α-hetero) is 1. The van der Waals surface area contributed by atoms with Crippen LogP contribution in [0.15, 0.2) is 11.6 Å². The fourth-order valence-electron chi connectivity index (χ4n) is 10.8. The van der Waals surface area contributed by atoms with Crippen molar-refractivity contribution in [1.82, 2.24) is 5.32 Å². The molecule has 2 N–H and O–H groups in total. The second-order valence-electron chi connectivity index (χ2n) is 15.6. The van der Waals surface area contributed by atoms with E-state index in [1.807, 2.05) is 0 Å². The van der Waals surface area contributed by atoms with Crippen molar-refractivity contribution in [2.24, 2.45) is 50.2 Å². The van der Waals surface area contributed by atoms with E-state index in [1.54, 1.807) is 0 Å². The number of carbonyl (C=O) groups is 3. The number of carboxylic acids is 1. The highest BCUT2D eigenvalue weighted by Crippen LogP contribution is 2.75. The summed E-state index contributed by atoms with van der Waals surface area (Å²) in [4.78, 5) is 38.0. The van der Waals surface area contributed by atoms with Crippen LogP contribution in [0.1, 0.15) is 113 Å². The Balaban J connectivity index is 1.57. The van der Waals surface area contributed by atoms with Gasteiger partial charge in [-0.25, -0.2) is 0 Å². The lowest BCUT2D eigenvalue weighted by atomic mass is 9.33. The highest BCUT2D eigenvalue weighted by Gasteiger charge is 2.69. The van der Waals surface area contributed by atoms with E-state index < -0.39 is 11.4 Å². The van der Waals surface area contributed by atoms with E-state index in [4.69, 9.17) is 0 Å². The molecule has 0 unspecified atom stereocenters. The number of allylic oxidation sites excluding steroid dienone is 2. The van der Waals surface area contributed by atoms with E-state index in [-0.39, 0.29) is 45.4 Å². The quantitative estimate of drug-likeness (QED) is 0.420. The Labute approximate surface area is 223 Å². The highest BCUT2D eigenvalue weighted by atomic mass is 16.4. The van der Waals surface area contributed by atoms with Crippen molar-refractivity contribution in [2.45, 2.75) is 113 Å². The van der Waals surface area contributed by atoms with Crippen LogP contribution in [0.3, 0.4) is 0 Å². The summed E-state index contributed by atoms with van der Waals surface area (Å²) in [6, 6.07) is 0. The van der Waals surface area contributed by atoms with Crippen LogP contribution >= 0.6 is 0 Å². The molecule has 5 heteroatoms. The van der Waals surface area contributed by atoms with Crippen molar-refractivity contribution < 1.29 is 19.5 Å². The molecule has 0 radical (unpaired) electrons. The number of carboxylic acid groups (broad SMARTS) is 1. The van der Waals surface area contributed by atoms with E-state index in [2.05, 4.69) is 59.9 Å². The lowest BCUT2D eigenvalue weighted by Crippen LogP contribution is -2.65. The van der Waals surface area contributed by atoms with Gasteiger partial charge in [-0.3, -0.25) is 14.4 Å². The monoisotopic (exact) mass is 511 g/mol. The molecule has 5 aliphatic rings. The third kappa shape index (κ3) is 3.57. The maximum absolute atomic E-state index is 13.7. The molecule has 0 heterocycles. The Morgan fingerprint density at radius 1 is 0.946 bits per heavy atom. The van der Waals surface area contributed by atoms with Gasteiger partial charge in [0.1, 0.15) is 12.3 Å². The van der Waals surface area contributed by atoms with Crippen LogP contribution < -0.4 is 5.32 Å². The smallest absolute Gasteiger partial charge is 0.322 e. The Hall–Kier alpha value is -1.65. The highest BCUT2D eigenvalue weighted by molar-refractivity contribution is 5.87. The summed E-state index contributed by atoms with van der Waals surface area (Å²) >= 11 is 0. The van der Waals surface area contributed by atoms with Gasteiger partial charge in [-0.1, -0.05) is 60.1 Å². The molecule has 0 bridgehead atoms. The van der Waals surface area contributed by atoms with Gasteiger partial charge in [-0.2, -0.15) is 0 Å². The Kier molecular flexibility index (Phi) is 5.95. The number of aliphatic carboxylic acids is 1. The van der Waals surface area contributed by atoms with Crippen LogP contribution in [0.5, 0.6) is 0 Å². The van der Waals surface area contributed by atoms with E-state index >= 15 is 0 Å². The average Bonchev–Trinajstić information content (AvgIpc) is 2.80. The number of carbonyl (C=O) groups excluding carboxylic acids is 2. The number of hydrogen-bond acceptors (Lipinski definition) is 3. The maximum Gasteiger partial charge on any atom is 0.322 e. The first kappa shape index (κ1) is 26.9. The van der Waals surface area contributed by atoms with Gasteiger partial charge in [-0.15, -0.1) is 0 Å². The summed E-state index contributed by atoms with van der Waals surface area (Å²) in [6.07, 6.45) is 12.1. The van der Waals surface area contributed by atoms with Crippen LogP contribution in [0, 0.1) is 50.2 Å². The molecule has 5 rings (SSSR count). The predicted octanol–water partition coefficient (Wildman–Crippen LogP) is 6.56. The van der Waals surface area contributed by atoms with Crippen LogP contribution in [-0.2, 0) is 14.4 Å². The van der Waals surface area contributed by atoms with E-state index in [1.165, 1.54) is 5.57 Å². The molecular formula is C32H49NO4. The number of amides is 1. The van der Waals surface area contributed by atoms with Crippen LogP contribution in [0.4, 0.5) is 0 Å². The Bertz CT molecular complexity index is 1060. The largest absolute Gasteiger partial charge is 0.480 e. The molecule has 0 aromatic carbocycles. The van der Waals surface area contributed by atoms with Crippen LogP contribution in [-0.4, -0.2) is 29.3 Å². The molecule has 0 aromatic rings. The van der Waals surface area contributed by atoms with E-state index in [0.717, 1.165) is 57.8 Å². The SMILES string of the molecule is CC1(C)CC[C@]2(C(=O)NCC(=O)O)CC[C@]3(C)C(=CC[C@@H]4[C@@]5(C)CCC(=O)C(C)(C)[C@@H]5CC[C@]43C)[C@@H]2C1. The summed E-state index contributed by atoms with van der Waals surface area (Å²) in [5.74, 6) is 0.534. The molecule has 0 saturated heterocycles. The third-order valence-corrected chi connectivity index (χ3v) is 13.2. The maximum atomic E-state index is 13.7. The standard InChI is InChI=1S/C32H49NO4/c1-27(2)14-16-32(26(37)33-19-25(35)36)17-15-30(6)20(21(32)18-27)8-9-23-29(5)12-11-24(34)28(3,4)22(29)10-13-31(23,30)7/h8,21-23H,9-19H2,1-7H3,(H,33,37)(H,35,36)/t21-,22-,23+,29-,30+,31+,32-/m0/s1. The van der Waals surface area contributed by atoms with E-state index in [9.17, 15) is 19.5 Å². The molecule has 5 aliphatic carbocycles. The first-order valence-electron chi connectivity index (χ1n) is 14.8. The van der Waals surface area contributed by atoms with Crippen molar-refractivity contribution >= 4 is 17.7 Å². The second-order valence-corrected chi connectivity index (χ2v) is 15.6. The molecular weight excluding hydrogens is 462 g/mol. The van der Waals surface area contributed by atoms with Gasteiger partial charge in [0, 0.05) is 11.8 Å². The predicted molar refractivity (Wildman–Crippen MR) is 145 cm³/mol. The first-order chi connectivity index (χ1) is 17.0. The van der Waals surface area contributed by atoms with Gasteiger partial charge >= 0.3 is 5.97 Å². The zero-order valence-corrected chi connectivity index (χ0v) is 24.3. The number of hydrogen-bond donors (Lipinski definition) is 2. The summed E-state index contributed by atoms with van der Waals surface area (Å²) in [5.41, 5.74) is 1.19. The zero-order valence-electron chi connectivity index (χ0n) is 24.3. The van der Waals surface area contributed by atoms with Crippen molar-refractivity contribution in [2.75, 3.05) is 6.54 Å². The minimum absolute atomic E-state index is 0.0180. The topological polar surface area (TPSA) is 83.5 Å². The first-order valence-corrected chi connectivity index (χ1v) is 14.8. The lowest BCUT2D eigenvalue weighted by Gasteiger charge is -2.70. The molecule has 0 spiro atoms. The fourth-order valence-corrected chi connectivity index (χ4v) is 10.8. The molecule has 4 saturated carbocycles. The number of ketones is 1. The van der Waals surface area contributed by atoms with E-state index in [0.29, 0.717) is 24.0 Å². The molecule has 4 fully saturated rings.